The molecule has 4 saturated carbocycles. The maximum atomic E-state index is 13.8. The number of aromatic nitrogens is 1. The lowest BCUT2D eigenvalue weighted by Crippen LogP contribution is -2.60. The molecule has 0 spiro atoms. The Labute approximate surface area is 210 Å². The van der Waals surface area contributed by atoms with Gasteiger partial charge in [0, 0.05) is 23.7 Å². The number of pyridine rings is 1. The van der Waals surface area contributed by atoms with Gasteiger partial charge in [-0.2, -0.15) is 0 Å². The van der Waals surface area contributed by atoms with Gasteiger partial charge in [-0.1, -0.05) is 45.8 Å². The number of amides is 1. The Balaban J connectivity index is 1.53. The van der Waals surface area contributed by atoms with E-state index in [1.165, 1.54) is 24.8 Å². The van der Waals surface area contributed by atoms with E-state index in [1.807, 2.05) is 12.3 Å². The highest BCUT2D eigenvalue weighted by molar-refractivity contribution is 5.98. The molecule has 0 saturated heterocycles. The lowest BCUT2D eigenvalue weighted by molar-refractivity contribution is -0.0167. The molecule has 0 aliphatic heterocycles. The Hall–Kier alpha value is -2.36. The van der Waals surface area contributed by atoms with Gasteiger partial charge in [-0.25, -0.2) is 0 Å². The predicted molar refractivity (Wildman–Crippen MR) is 145 cm³/mol. The summed E-state index contributed by atoms with van der Waals surface area (Å²) in [6.07, 6.45) is 16.6. The highest BCUT2D eigenvalue weighted by Gasteiger charge is 2.51. The molecule has 1 heterocycles. The van der Waals surface area contributed by atoms with E-state index in [2.05, 4.69) is 48.9 Å². The molecule has 4 heteroatoms. The largest absolute Gasteiger partial charge is 0.346 e. The number of allylic oxidation sites excluding steroid dienone is 2. The highest BCUT2D eigenvalue weighted by atomic mass is 16.2. The number of benzene rings is 1. The Morgan fingerprint density at radius 3 is 2.34 bits per heavy atom. The van der Waals surface area contributed by atoms with Gasteiger partial charge in [-0.15, -0.1) is 0 Å². The van der Waals surface area contributed by atoms with Crippen LogP contribution in [0.2, 0.25) is 0 Å². The van der Waals surface area contributed by atoms with Gasteiger partial charge < -0.3 is 9.88 Å². The summed E-state index contributed by atoms with van der Waals surface area (Å²) in [7, 11) is 0. The molecule has 1 aromatic heterocycles. The van der Waals surface area contributed by atoms with Crippen LogP contribution < -0.4 is 10.7 Å². The first-order valence-electron chi connectivity index (χ1n) is 14.1. The van der Waals surface area contributed by atoms with E-state index in [0.29, 0.717) is 10.9 Å². The maximum Gasteiger partial charge on any atom is 0.257 e. The van der Waals surface area contributed by atoms with Crippen LogP contribution in [0.3, 0.4) is 0 Å². The van der Waals surface area contributed by atoms with Crippen molar-refractivity contribution in [2.24, 2.45) is 17.8 Å². The van der Waals surface area contributed by atoms with Crippen LogP contribution in [0.1, 0.15) is 107 Å². The van der Waals surface area contributed by atoms with Crippen LogP contribution >= 0.6 is 0 Å². The summed E-state index contributed by atoms with van der Waals surface area (Å²) in [5, 5.41) is 4.12. The van der Waals surface area contributed by atoms with Crippen LogP contribution in [0.4, 0.5) is 0 Å². The molecule has 0 radical (unpaired) electrons. The third kappa shape index (κ3) is 4.73. The molecule has 2 aromatic rings. The second-order valence-corrected chi connectivity index (χ2v) is 11.6. The van der Waals surface area contributed by atoms with E-state index in [0.717, 1.165) is 86.7 Å². The summed E-state index contributed by atoms with van der Waals surface area (Å²) in [5.41, 5.74) is 3.39. The van der Waals surface area contributed by atoms with Crippen LogP contribution in [-0.4, -0.2) is 16.0 Å². The van der Waals surface area contributed by atoms with Gasteiger partial charge in [0.1, 0.15) is 5.56 Å². The number of fused-ring (bicyclic) bond motifs is 1. The number of hydrogen-bond acceptors (Lipinski definition) is 2. The lowest BCUT2D eigenvalue weighted by Gasteiger charge is -2.56. The minimum atomic E-state index is -0.159. The van der Waals surface area contributed by atoms with Crippen LogP contribution in [0, 0.1) is 17.8 Å². The Morgan fingerprint density at radius 2 is 1.74 bits per heavy atom. The lowest BCUT2D eigenvalue weighted by atomic mass is 9.53. The summed E-state index contributed by atoms with van der Waals surface area (Å²) >= 11 is 0. The van der Waals surface area contributed by atoms with Crippen LogP contribution in [0.15, 0.2) is 35.3 Å². The fourth-order valence-corrected chi connectivity index (χ4v) is 7.76. The molecule has 1 amide bonds. The van der Waals surface area contributed by atoms with Crippen LogP contribution in [0.5, 0.6) is 0 Å². The molecule has 1 aromatic carbocycles. The summed E-state index contributed by atoms with van der Waals surface area (Å²) in [6, 6.07) is 6.25. The van der Waals surface area contributed by atoms with Crippen LogP contribution in [0.25, 0.3) is 16.5 Å². The molecular weight excluding hydrogens is 432 g/mol. The molecular formula is C31H42N2O2. The first-order chi connectivity index (χ1) is 16.9. The van der Waals surface area contributed by atoms with Crippen molar-refractivity contribution in [3.8, 4) is 0 Å². The minimum Gasteiger partial charge on any atom is -0.346 e. The zero-order chi connectivity index (χ0) is 24.6. The topological polar surface area (TPSA) is 51.1 Å². The number of unbranched alkanes of at least 4 members (excludes halogenated alkanes) is 2. The Bertz CT molecular complexity index is 1150. The van der Waals surface area contributed by atoms with Crippen molar-refractivity contribution in [2.75, 3.05) is 0 Å². The zero-order valence-corrected chi connectivity index (χ0v) is 21.9. The van der Waals surface area contributed by atoms with Gasteiger partial charge in [-0.3, -0.25) is 9.59 Å². The number of aryl methyl sites for hydroxylation is 1. The average Bonchev–Trinajstić information content (AvgIpc) is 2.82. The molecule has 35 heavy (non-hydrogen) atoms. The van der Waals surface area contributed by atoms with Gasteiger partial charge in [-0.05, 0) is 98.8 Å². The summed E-state index contributed by atoms with van der Waals surface area (Å²) in [4.78, 5) is 27.5. The molecule has 1 N–H and O–H groups in total. The van der Waals surface area contributed by atoms with Crippen LogP contribution in [-0.2, 0) is 6.54 Å². The summed E-state index contributed by atoms with van der Waals surface area (Å²) < 4.78 is 2.15. The van der Waals surface area contributed by atoms with Crippen molar-refractivity contribution >= 4 is 22.4 Å². The van der Waals surface area contributed by atoms with Crippen molar-refractivity contribution in [3.05, 3.63) is 51.8 Å². The number of carbonyl (C=O) groups is 1. The first-order valence-corrected chi connectivity index (χ1v) is 14.1. The van der Waals surface area contributed by atoms with Gasteiger partial charge in [0.2, 0.25) is 5.43 Å². The SMILES string of the molecule is CC/C=C(/CC)c1ccc2c(c1)c(=O)c(C(=O)NC13CC4CC(CC(C4)C1)C3)cn2CCCCC. The number of rotatable bonds is 9. The third-order valence-corrected chi connectivity index (χ3v) is 8.95. The number of hydrogen-bond donors (Lipinski definition) is 1. The monoisotopic (exact) mass is 474 g/mol. The predicted octanol–water partition coefficient (Wildman–Crippen LogP) is 7.09. The second kappa shape index (κ2) is 9.95. The quantitative estimate of drug-likeness (QED) is 0.394. The van der Waals surface area contributed by atoms with Gasteiger partial charge in [0.15, 0.2) is 0 Å². The molecule has 0 atom stereocenters. The zero-order valence-electron chi connectivity index (χ0n) is 21.9. The maximum absolute atomic E-state index is 13.8. The average molecular weight is 475 g/mol. The van der Waals surface area contributed by atoms with Gasteiger partial charge in [0.05, 0.1) is 5.52 Å². The normalized spacial score (nSPS) is 27.5. The molecule has 0 unspecified atom stereocenters. The van der Waals surface area contributed by atoms with Crippen molar-refractivity contribution in [3.63, 3.8) is 0 Å². The van der Waals surface area contributed by atoms with Gasteiger partial charge in [0.25, 0.3) is 5.91 Å². The molecule has 4 aliphatic carbocycles. The highest BCUT2D eigenvalue weighted by Crippen LogP contribution is 2.55. The Morgan fingerprint density at radius 1 is 1.06 bits per heavy atom. The second-order valence-electron chi connectivity index (χ2n) is 11.6. The van der Waals surface area contributed by atoms with E-state index in [-0.39, 0.29) is 16.9 Å². The summed E-state index contributed by atoms with van der Waals surface area (Å²) in [6.45, 7) is 7.33. The smallest absolute Gasteiger partial charge is 0.257 e. The first kappa shape index (κ1) is 24.3. The number of nitrogens with one attached hydrogen (secondary N) is 1. The fraction of sp³-hybridized carbons (Fsp3) is 0.613. The molecule has 4 nitrogen and oxygen atoms in total. The van der Waals surface area contributed by atoms with E-state index in [4.69, 9.17) is 0 Å². The van der Waals surface area contributed by atoms with Crippen molar-refractivity contribution in [2.45, 2.75) is 103 Å². The Kier molecular flexibility index (Phi) is 6.92. The molecule has 4 aliphatic rings. The minimum absolute atomic E-state index is 0.0959. The van der Waals surface area contributed by atoms with E-state index < -0.39 is 0 Å². The number of carbonyl (C=O) groups excluding carboxylic acids is 1. The van der Waals surface area contributed by atoms with Crippen molar-refractivity contribution in [1.82, 2.24) is 9.88 Å². The molecule has 6 rings (SSSR count). The van der Waals surface area contributed by atoms with Crippen molar-refractivity contribution in [1.29, 1.82) is 0 Å². The third-order valence-electron chi connectivity index (χ3n) is 8.95. The van der Waals surface area contributed by atoms with E-state index >= 15 is 0 Å². The van der Waals surface area contributed by atoms with Crippen molar-refractivity contribution < 1.29 is 4.79 Å². The fourth-order valence-electron chi connectivity index (χ4n) is 7.76. The van der Waals surface area contributed by atoms with E-state index in [1.54, 1.807) is 0 Å². The standard InChI is InChI=1S/C31H42N2O2/c1-4-7-8-12-33-20-27(29(34)26-16-25(10-11-28(26)33)24(6-3)9-5-2)30(35)32-31-17-21-13-22(18-31)15-23(14-21)19-31/h9-11,16,20-23H,4-8,12-15,17-19H2,1-3H3,(H,32,35)/b24-9-. The molecule has 4 bridgehead atoms. The molecule has 188 valence electrons. The van der Waals surface area contributed by atoms with Gasteiger partial charge >= 0.3 is 0 Å². The number of nitrogens with zero attached hydrogens (tertiary/aromatic N) is 1. The summed E-state index contributed by atoms with van der Waals surface area (Å²) in [5.74, 6) is 2.10. The van der Waals surface area contributed by atoms with E-state index in [9.17, 15) is 9.59 Å². The molecule has 4 fully saturated rings.